The number of fused-ring (bicyclic) bond motifs is 1. The SMILES string of the molecule is O=C1CCc2cc(C(=O)CSc3nnc(-c4cccs4)n3CC3CCCO3)ccc2N1. The lowest BCUT2D eigenvalue weighted by Gasteiger charge is -2.17. The minimum atomic E-state index is 0.0225. The van der Waals surface area contributed by atoms with Gasteiger partial charge in [0, 0.05) is 24.3 Å². The number of ether oxygens (including phenoxy) is 1. The predicted molar refractivity (Wildman–Crippen MR) is 121 cm³/mol. The van der Waals surface area contributed by atoms with Crippen LogP contribution in [0, 0.1) is 0 Å². The third-order valence-corrected chi connectivity index (χ3v) is 7.36. The van der Waals surface area contributed by atoms with Gasteiger partial charge < -0.3 is 10.1 Å². The highest BCUT2D eigenvalue weighted by Crippen LogP contribution is 2.30. The van der Waals surface area contributed by atoms with Crippen LogP contribution in [0.2, 0.25) is 0 Å². The number of hydrogen-bond donors (Lipinski definition) is 1. The monoisotopic (exact) mass is 454 g/mol. The van der Waals surface area contributed by atoms with Crippen molar-refractivity contribution >= 4 is 40.5 Å². The van der Waals surface area contributed by atoms with Gasteiger partial charge in [-0.05, 0) is 54.5 Å². The van der Waals surface area contributed by atoms with Gasteiger partial charge in [-0.15, -0.1) is 21.5 Å². The molecule has 0 bridgehead atoms. The van der Waals surface area contributed by atoms with Gasteiger partial charge in [0.1, 0.15) is 0 Å². The molecule has 0 spiro atoms. The number of benzene rings is 1. The van der Waals surface area contributed by atoms with Gasteiger partial charge in [0.05, 0.1) is 23.3 Å². The van der Waals surface area contributed by atoms with Crippen LogP contribution in [0.3, 0.4) is 0 Å². The molecule has 1 N–H and O–H groups in total. The first-order valence-electron chi connectivity index (χ1n) is 10.3. The number of ketones is 1. The van der Waals surface area contributed by atoms with E-state index in [-0.39, 0.29) is 23.5 Å². The number of hydrogen-bond acceptors (Lipinski definition) is 7. The fraction of sp³-hybridized carbons (Fsp3) is 0.364. The Morgan fingerprint density at radius 2 is 2.23 bits per heavy atom. The maximum Gasteiger partial charge on any atom is 0.224 e. The van der Waals surface area contributed by atoms with Crippen molar-refractivity contribution in [1.82, 2.24) is 14.8 Å². The van der Waals surface area contributed by atoms with Gasteiger partial charge >= 0.3 is 0 Å². The summed E-state index contributed by atoms with van der Waals surface area (Å²) in [6.45, 7) is 1.48. The summed E-state index contributed by atoms with van der Waals surface area (Å²) >= 11 is 3.03. The molecule has 2 aliphatic heterocycles. The highest BCUT2D eigenvalue weighted by Gasteiger charge is 2.23. The Morgan fingerprint density at radius 1 is 1.29 bits per heavy atom. The summed E-state index contributed by atoms with van der Waals surface area (Å²) < 4.78 is 7.92. The smallest absolute Gasteiger partial charge is 0.224 e. The van der Waals surface area contributed by atoms with Gasteiger partial charge in [-0.2, -0.15) is 0 Å². The maximum atomic E-state index is 12.9. The summed E-state index contributed by atoms with van der Waals surface area (Å²) in [5, 5.41) is 14.4. The average molecular weight is 455 g/mol. The minimum Gasteiger partial charge on any atom is -0.376 e. The molecule has 160 valence electrons. The number of thiophene rings is 1. The number of aromatic nitrogens is 3. The summed E-state index contributed by atoms with van der Waals surface area (Å²) in [7, 11) is 0. The number of carbonyl (C=O) groups excluding carboxylic acids is 2. The number of nitrogens with zero attached hydrogens (tertiary/aromatic N) is 3. The van der Waals surface area contributed by atoms with Gasteiger partial charge in [-0.1, -0.05) is 17.8 Å². The number of amides is 1. The normalized spacial score (nSPS) is 18.1. The Morgan fingerprint density at radius 3 is 3.03 bits per heavy atom. The van der Waals surface area contributed by atoms with Crippen molar-refractivity contribution in [2.75, 3.05) is 17.7 Å². The third-order valence-electron chi connectivity index (χ3n) is 5.52. The zero-order valence-corrected chi connectivity index (χ0v) is 18.5. The maximum absolute atomic E-state index is 12.9. The zero-order valence-electron chi connectivity index (χ0n) is 16.9. The van der Waals surface area contributed by atoms with E-state index in [4.69, 9.17) is 4.74 Å². The van der Waals surface area contributed by atoms with E-state index in [9.17, 15) is 9.59 Å². The standard InChI is InChI=1S/C22H22N4O3S2/c27-18(15-5-7-17-14(11-15)6-8-20(28)23-17)13-31-22-25-24-21(19-4-2-10-30-19)26(22)12-16-3-1-9-29-16/h2,4-5,7,10-11,16H,1,3,6,8-9,12-13H2,(H,23,28). The van der Waals surface area contributed by atoms with Gasteiger partial charge in [0.2, 0.25) is 5.91 Å². The summed E-state index contributed by atoms with van der Waals surface area (Å²) in [5.41, 5.74) is 2.47. The fourth-order valence-electron chi connectivity index (χ4n) is 3.91. The van der Waals surface area contributed by atoms with Crippen molar-refractivity contribution in [3.05, 3.63) is 46.8 Å². The lowest BCUT2D eigenvalue weighted by molar-refractivity contribution is -0.116. The number of rotatable bonds is 7. The second kappa shape index (κ2) is 8.94. The Hall–Kier alpha value is -2.49. The molecule has 7 nitrogen and oxygen atoms in total. The van der Waals surface area contributed by atoms with Gasteiger partial charge in [-0.3, -0.25) is 14.2 Å². The van der Waals surface area contributed by atoms with E-state index in [1.54, 1.807) is 17.4 Å². The van der Waals surface area contributed by atoms with Crippen LogP contribution in [-0.2, 0) is 22.5 Å². The molecule has 1 atom stereocenters. The van der Waals surface area contributed by atoms with Crippen LogP contribution in [-0.4, -0.2) is 44.9 Å². The Balaban J connectivity index is 1.33. The molecule has 4 heterocycles. The molecule has 0 aliphatic carbocycles. The van der Waals surface area contributed by atoms with E-state index in [1.165, 1.54) is 11.8 Å². The van der Waals surface area contributed by atoms with Crippen LogP contribution in [0.25, 0.3) is 10.7 Å². The molecule has 9 heteroatoms. The van der Waals surface area contributed by atoms with Crippen molar-refractivity contribution in [3.8, 4) is 10.7 Å². The first kappa shape index (κ1) is 20.4. The number of Topliss-reactive ketones (excluding diaryl/α,β-unsaturated/α-hetero) is 1. The van der Waals surface area contributed by atoms with Crippen LogP contribution >= 0.6 is 23.1 Å². The Bertz CT molecular complexity index is 1100. The second-order valence-electron chi connectivity index (χ2n) is 7.66. The first-order chi connectivity index (χ1) is 15.2. The lowest BCUT2D eigenvalue weighted by atomic mass is 9.99. The molecule has 1 fully saturated rings. The number of carbonyl (C=O) groups is 2. The molecule has 1 unspecified atom stereocenters. The van der Waals surface area contributed by atoms with Crippen LogP contribution in [0.4, 0.5) is 5.69 Å². The predicted octanol–water partition coefficient (Wildman–Crippen LogP) is 4.05. The molecule has 1 saturated heterocycles. The molecule has 1 amide bonds. The molecule has 3 aromatic rings. The highest BCUT2D eigenvalue weighted by atomic mass is 32.2. The largest absolute Gasteiger partial charge is 0.376 e. The van der Waals surface area contributed by atoms with Crippen LogP contribution in [0.15, 0.2) is 40.9 Å². The molecular weight excluding hydrogens is 432 g/mol. The van der Waals surface area contributed by atoms with E-state index < -0.39 is 0 Å². The summed E-state index contributed by atoms with van der Waals surface area (Å²) in [4.78, 5) is 25.5. The van der Waals surface area contributed by atoms with Crippen LogP contribution in [0.1, 0.15) is 35.2 Å². The van der Waals surface area contributed by atoms with E-state index in [0.717, 1.165) is 46.6 Å². The van der Waals surface area contributed by atoms with E-state index in [1.807, 2.05) is 29.6 Å². The van der Waals surface area contributed by atoms with Crippen molar-refractivity contribution in [2.24, 2.45) is 0 Å². The van der Waals surface area contributed by atoms with Crippen LogP contribution in [0.5, 0.6) is 0 Å². The van der Waals surface area contributed by atoms with E-state index in [2.05, 4.69) is 20.1 Å². The van der Waals surface area contributed by atoms with Crippen molar-refractivity contribution in [2.45, 2.75) is 43.5 Å². The first-order valence-corrected chi connectivity index (χ1v) is 12.2. The number of thioether (sulfide) groups is 1. The highest BCUT2D eigenvalue weighted by molar-refractivity contribution is 7.99. The topological polar surface area (TPSA) is 86.1 Å². The molecule has 1 aromatic carbocycles. The van der Waals surface area contributed by atoms with E-state index >= 15 is 0 Å². The quantitative estimate of drug-likeness (QED) is 0.428. The molecule has 5 rings (SSSR count). The summed E-state index contributed by atoms with van der Waals surface area (Å²) in [6.07, 6.45) is 3.37. The molecular formula is C22H22N4O3S2. The summed E-state index contributed by atoms with van der Waals surface area (Å²) in [5.74, 6) is 1.16. The van der Waals surface area contributed by atoms with E-state index in [0.29, 0.717) is 24.9 Å². The Labute approximate surface area is 188 Å². The molecule has 0 saturated carbocycles. The molecule has 0 radical (unpaired) electrons. The number of anilines is 1. The van der Waals surface area contributed by atoms with Crippen molar-refractivity contribution < 1.29 is 14.3 Å². The number of aryl methyl sites for hydroxylation is 1. The third kappa shape index (κ3) is 4.44. The van der Waals surface area contributed by atoms with Crippen LogP contribution < -0.4 is 5.32 Å². The minimum absolute atomic E-state index is 0.0225. The van der Waals surface area contributed by atoms with Gasteiger partial charge in [0.15, 0.2) is 16.8 Å². The molecule has 2 aromatic heterocycles. The zero-order chi connectivity index (χ0) is 21.2. The molecule has 2 aliphatic rings. The second-order valence-corrected chi connectivity index (χ2v) is 9.55. The molecule has 31 heavy (non-hydrogen) atoms. The Kier molecular flexibility index (Phi) is 5.89. The van der Waals surface area contributed by atoms with Gasteiger partial charge in [-0.25, -0.2) is 0 Å². The number of nitrogens with one attached hydrogen (secondary N) is 1. The fourth-order valence-corrected chi connectivity index (χ4v) is 5.47. The summed E-state index contributed by atoms with van der Waals surface area (Å²) in [6, 6.07) is 9.53. The average Bonchev–Trinajstić information content (AvgIpc) is 3.54. The van der Waals surface area contributed by atoms with Crippen molar-refractivity contribution in [1.29, 1.82) is 0 Å². The van der Waals surface area contributed by atoms with Gasteiger partial charge in [0.25, 0.3) is 0 Å². The lowest BCUT2D eigenvalue weighted by Crippen LogP contribution is -2.19. The van der Waals surface area contributed by atoms with Crippen molar-refractivity contribution in [3.63, 3.8) is 0 Å².